The summed E-state index contributed by atoms with van der Waals surface area (Å²) in [6.07, 6.45) is -3.54. The van der Waals surface area contributed by atoms with Crippen molar-refractivity contribution in [2.75, 3.05) is 18.0 Å². The minimum Gasteiger partial charge on any atom is -0.389 e. The molecule has 0 radical (unpaired) electrons. The first kappa shape index (κ1) is 14.0. The molecule has 1 aliphatic heterocycles. The second kappa shape index (κ2) is 4.96. The maximum absolute atomic E-state index is 12.7. The van der Waals surface area contributed by atoms with Crippen LogP contribution in [0.1, 0.15) is 24.6 Å². The molecule has 3 nitrogen and oxygen atoms in total. The molecule has 7 heteroatoms. The van der Waals surface area contributed by atoms with Crippen molar-refractivity contribution in [2.24, 2.45) is 11.7 Å². The lowest BCUT2D eigenvalue weighted by molar-refractivity contribution is -0.141. The van der Waals surface area contributed by atoms with E-state index in [1.54, 1.807) is 0 Å². The smallest absolute Gasteiger partial charge is 0.389 e. The largest absolute Gasteiger partial charge is 0.433 e. The van der Waals surface area contributed by atoms with E-state index in [9.17, 15) is 13.2 Å². The highest BCUT2D eigenvalue weighted by Crippen LogP contribution is 2.32. The van der Waals surface area contributed by atoms with Gasteiger partial charge in [-0.05, 0) is 24.5 Å². The van der Waals surface area contributed by atoms with Gasteiger partial charge in [0.25, 0.3) is 0 Å². The van der Waals surface area contributed by atoms with Gasteiger partial charge in [-0.2, -0.15) is 13.2 Å². The fraction of sp³-hybridized carbons (Fsp3) is 0.500. The predicted molar refractivity (Wildman–Crippen MR) is 71.1 cm³/mol. The number of alkyl halides is 3. The summed E-state index contributed by atoms with van der Waals surface area (Å²) in [6, 6.07) is 2.22. The van der Waals surface area contributed by atoms with E-state index in [2.05, 4.69) is 4.98 Å². The van der Waals surface area contributed by atoms with E-state index in [0.717, 1.165) is 12.5 Å². The van der Waals surface area contributed by atoms with E-state index in [1.807, 2.05) is 11.8 Å². The number of nitrogens with zero attached hydrogens (tertiary/aromatic N) is 2. The molecule has 0 aliphatic carbocycles. The Hall–Kier alpha value is -1.37. The van der Waals surface area contributed by atoms with Gasteiger partial charge in [-0.1, -0.05) is 19.1 Å². The molecule has 104 valence electrons. The highest BCUT2D eigenvalue weighted by Gasteiger charge is 2.34. The van der Waals surface area contributed by atoms with Crippen molar-refractivity contribution in [3.05, 3.63) is 23.4 Å². The summed E-state index contributed by atoms with van der Waals surface area (Å²) in [5, 5.41) is 0. The predicted octanol–water partition coefficient (Wildman–Crippen LogP) is 2.58. The summed E-state index contributed by atoms with van der Waals surface area (Å²) in [4.78, 5) is 5.59. The normalized spacial score (nSPS) is 19.8. The second-order valence-corrected chi connectivity index (χ2v) is 5.21. The van der Waals surface area contributed by atoms with Crippen LogP contribution in [0.2, 0.25) is 0 Å². The third-order valence-corrected chi connectivity index (χ3v) is 3.37. The van der Waals surface area contributed by atoms with Crippen molar-refractivity contribution in [1.29, 1.82) is 0 Å². The molecule has 0 bridgehead atoms. The molecule has 2 rings (SSSR count). The number of hydrogen-bond donors (Lipinski definition) is 1. The molecule has 1 aromatic heterocycles. The molecule has 1 fully saturated rings. The van der Waals surface area contributed by atoms with Crippen LogP contribution in [-0.4, -0.2) is 23.1 Å². The third kappa shape index (κ3) is 2.97. The molecular weight excluding hydrogens is 275 g/mol. The van der Waals surface area contributed by atoms with Gasteiger partial charge >= 0.3 is 6.18 Å². The summed E-state index contributed by atoms with van der Waals surface area (Å²) in [6.45, 7) is 3.39. The maximum Gasteiger partial charge on any atom is 0.433 e. The van der Waals surface area contributed by atoms with Crippen molar-refractivity contribution in [2.45, 2.75) is 19.5 Å². The van der Waals surface area contributed by atoms with Gasteiger partial charge in [-0.15, -0.1) is 0 Å². The van der Waals surface area contributed by atoms with Crippen LogP contribution >= 0.6 is 12.2 Å². The lowest BCUT2D eigenvalue weighted by atomic mass is 10.2. The van der Waals surface area contributed by atoms with Gasteiger partial charge in [-0.3, -0.25) is 0 Å². The Morgan fingerprint density at radius 2 is 2.16 bits per heavy atom. The van der Waals surface area contributed by atoms with Crippen LogP contribution in [-0.2, 0) is 6.18 Å². The van der Waals surface area contributed by atoms with Crippen LogP contribution in [0.15, 0.2) is 12.1 Å². The molecule has 0 amide bonds. The summed E-state index contributed by atoms with van der Waals surface area (Å²) >= 11 is 4.88. The molecule has 2 heterocycles. The molecule has 1 unspecified atom stereocenters. The minimum absolute atomic E-state index is 0.0655. The van der Waals surface area contributed by atoms with Gasteiger partial charge in [0.1, 0.15) is 16.5 Å². The van der Waals surface area contributed by atoms with Crippen molar-refractivity contribution in [1.82, 2.24) is 4.98 Å². The quantitative estimate of drug-likeness (QED) is 0.850. The van der Waals surface area contributed by atoms with Crippen molar-refractivity contribution < 1.29 is 13.2 Å². The fourth-order valence-corrected chi connectivity index (χ4v) is 2.33. The number of pyridine rings is 1. The molecule has 1 aromatic rings. The first-order valence-electron chi connectivity index (χ1n) is 5.92. The average molecular weight is 289 g/mol. The summed E-state index contributed by atoms with van der Waals surface area (Å²) in [5.74, 6) is 0.669. The number of thiocarbonyl (C=S) groups is 1. The Morgan fingerprint density at radius 1 is 1.47 bits per heavy atom. The Kier molecular flexibility index (Phi) is 3.66. The molecule has 0 saturated carbocycles. The zero-order chi connectivity index (χ0) is 14.2. The highest BCUT2D eigenvalue weighted by molar-refractivity contribution is 7.80. The summed E-state index contributed by atoms with van der Waals surface area (Å²) in [7, 11) is 0. The molecule has 1 saturated heterocycles. The van der Waals surface area contributed by atoms with Crippen molar-refractivity contribution >= 4 is 23.0 Å². The first-order chi connectivity index (χ1) is 8.79. The SMILES string of the molecule is CC1CCN(c2nc(C(F)(F)F)ccc2C(N)=S)C1. The summed E-state index contributed by atoms with van der Waals surface area (Å²) < 4.78 is 38.2. The van der Waals surface area contributed by atoms with Crippen molar-refractivity contribution in [3.8, 4) is 0 Å². The van der Waals surface area contributed by atoms with Crippen LogP contribution in [0.5, 0.6) is 0 Å². The Balaban J connectivity index is 2.45. The first-order valence-corrected chi connectivity index (χ1v) is 6.33. The van der Waals surface area contributed by atoms with E-state index in [0.29, 0.717) is 24.6 Å². The number of rotatable bonds is 2. The standard InChI is InChI=1S/C12H14F3N3S/c1-7-4-5-18(6-7)11-8(10(16)19)2-3-9(17-11)12(13,14)15/h2-3,7H,4-6H2,1H3,(H2,16,19). The van der Waals surface area contributed by atoms with Crippen LogP contribution in [0, 0.1) is 5.92 Å². The minimum atomic E-state index is -4.46. The van der Waals surface area contributed by atoms with Gasteiger partial charge < -0.3 is 10.6 Å². The van der Waals surface area contributed by atoms with E-state index < -0.39 is 11.9 Å². The zero-order valence-electron chi connectivity index (χ0n) is 10.4. The molecular formula is C12H14F3N3S. The topological polar surface area (TPSA) is 42.2 Å². The molecule has 0 aromatic carbocycles. The van der Waals surface area contributed by atoms with Gasteiger partial charge in [-0.25, -0.2) is 4.98 Å². The van der Waals surface area contributed by atoms with Gasteiger partial charge in [0.2, 0.25) is 0 Å². The van der Waals surface area contributed by atoms with Crippen LogP contribution in [0.4, 0.5) is 19.0 Å². The van der Waals surface area contributed by atoms with Crippen LogP contribution in [0.3, 0.4) is 0 Å². The van der Waals surface area contributed by atoms with E-state index in [1.165, 1.54) is 6.07 Å². The number of nitrogens with two attached hydrogens (primary N) is 1. The van der Waals surface area contributed by atoms with Gasteiger partial charge in [0, 0.05) is 13.1 Å². The summed E-state index contributed by atoms with van der Waals surface area (Å²) in [5.41, 5.74) is 5.04. The van der Waals surface area contributed by atoms with Gasteiger partial charge in [0.15, 0.2) is 0 Å². The fourth-order valence-electron chi connectivity index (χ4n) is 2.17. The third-order valence-electron chi connectivity index (χ3n) is 3.15. The molecule has 0 spiro atoms. The Labute approximate surface area is 114 Å². The van der Waals surface area contributed by atoms with E-state index in [4.69, 9.17) is 18.0 Å². The van der Waals surface area contributed by atoms with E-state index in [-0.39, 0.29) is 10.8 Å². The number of aromatic nitrogens is 1. The van der Waals surface area contributed by atoms with Crippen LogP contribution < -0.4 is 10.6 Å². The molecule has 19 heavy (non-hydrogen) atoms. The Morgan fingerprint density at radius 3 is 2.63 bits per heavy atom. The molecule has 1 aliphatic rings. The van der Waals surface area contributed by atoms with E-state index >= 15 is 0 Å². The van der Waals surface area contributed by atoms with Gasteiger partial charge in [0.05, 0.1) is 5.56 Å². The van der Waals surface area contributed by atoms with Crippen molar-refractivity contribution in [3.63, 3.8) is 0 Å². The zero-order valence-corrected chi connectivity index (χ0v) is 11.2. The number of anilines is 1. The number of halogens is 3. The molecule has 2 N–H and O–H groups in total. The Bertz CT molecular complexity index is 501. The van der Waals surface area contributed by atoms with Crippen LogP contribution in [0.25, 0.3) is 0 Å². The average Bonchev–Trinajstić information content (AvgIpc) is 2.73. The number of hydrogen-bond acceptors (Lipinski definition) is 3. The molecule has 1 atom stereocenters. The highest BCUT2D eigenvalue weighted by atomic mass is 32.1. The second-order valence-electron chi connectivity index (χ2n) is 4.77. The lowest BCUT2D eigenvalue weighted by Gasteiger charge is -2.21. The monoisotopic (exact) mass is 289 g/mol. The lowest BCUT2D eigenvalue weighted by Crippen LogP contribution is -2.26. The maximum atomic E-state index is 12.7.